The van der Waals surface area contributed by atoms with Crippen LogP contribution in [0.1, 0.15) is 51.1 Å². The summed E-state index contributed by atoms with van der Waals surface area (Å²) in [5, 5.41) is 4.22. The van der Waals surface area contributed by atoms with Crippen LogP contribution in [0, 0.1) is 5.92 Å². The van der Waals surface area contributed by atoms with E-state index in [0.29, 0.717) is 0 Å². The van der Waals surface area contributed by atoms with Gasteiger partial charge in [-0.05, 0) is 38.5 Å². The number of aryl methyl sites for hydroxylation is 1. The molecule has 1 aliphatic rings. The minimum Gasteiger partial charge on any atom is -0.373 e. The maximum absolute atomic E-state index is 6.47. The maximum atomic E-state index is 6.47. The summed E-state index contributed by atoms with van der Waals surface area (Å²) >= 11 is 0. The van der Waals surface area contributed by atoms with E-state index in [4.69, 9.17) is 10.5 Å². The summed E-state index contributed by atoms with van der Waals surface area (Å²) < 4.78 is 7.89. The van der Waals surface area contributed by atoms with Crippen molar-refractivity contribution in [2.24, 2.45) is 18.7 Å². The zero-order valence-corrected chi connectivity index (χ0v) is 11.7. The van der Waals surface area contributed by atoms with Crippen molar-refractivity contribution < 1.29 is 4.74 Å². The molecule has 0 aliphatic heterocycles. The zero-order valence-electron chi connectivity index (χ0n) is 11.7. The molecule has 2 N–H and O–H groups in total. The number of ether oxygens (including phenoxy) is 1. The molecule has 4 nitrogen and oxygen atoms in total. The lowest BCUT2D eigenvalue weighted by molar-refractivity contribution is -0.0896. The summed E-state index contributed by atoms with van der Waals surface area (Å²) in [4.78, 5) is 0. The lowest BCUT2D eigenvalue weighted by Gasteiger charge is -2.43. The molecule has 1 heterocycles. The van der Waals surface area contributed by atoms with E-state index in [1.807, 2.05) is 19.4 Å². The van der Waals surface area contributed by atoms with E-state index in [1.54, 1.807) is 4.68 Å². The highest BCUT2D eigenvalue weighted by molar-refractivity contribution is 5.16. The van der Waals surface area contributed by atoms with Crippen molar-refractivity contribution in [1.29, 1.82) is 0 Å². The van der Waals surface area contributed by atoms with Crippen molar-refractivity contribution >= 4 is 0 Å². The molecule has 0 bridgehead atoms. The van der Waals surface area contributed by atoms with Gasteiger partial charge in [0, 0.05) is 25.4 Å². The van der Waals surface area contributed by atoms with E-state index < -0.39 is 0 Å². The van der Waals surface area contributed by atoms with E-state index in [-0.39, 0.29) is 11.6 Å². The highest BCUT2D eigenvalue weighted by Crippen LogP contribution is 2.41. The first-order valence-electron chi connectivity index (χ1n) is 6.95. The maximum Gasteiger partial charge on any atom is 0.0875 e. The fraction of sp³-hybridized carbons (Fsp3) is 0.786. The quantitative estimate of drug-likeness (QED) is 0.894. The van der Waals surface area contributed by atoms with Gasteiger partial charge in [-0.1, -0.05) is 6.92 Å². The summed E-state index contributed by atoms with van der Waals surface area (Å²) in [7, 11) is 1.92. The molecule has 102 valence electrons. The van der Waals surface area contributed by atoms with Crippen LogP contribution in [0.25, 0.3) is 0 Å². The zero-order chi connectivity index (χ0) is 13.2. The molecule has 0 spiro atoms. The Labute approximate surface area is 110 Å². The van der Waals surface area contributed by atoms with Crippen molar-refractivity contribution in [3.63, 3.8) is 0 Å². The van der Waals surface area contributed by atoms with Gasteiger partial charge in [0.25, 0.3) is 0 Å². The van der Waals surface area contributed by atoms with Crippen LogP contribution >= 0.6 is 0 Å². The van der Waals surface area contributed by atoms with Gasteiger partial charge in [0.2, 0.25) is 0 Å². The fourth-order valence-electron chi connectivity index (χ4n) is 2.99. The monoisotopic (exact) mass is 251 g/mol. The number of rotatable bonds is 4. The Morgan fingerprint density at radius 3 is 2.72 bits per heavy atom. The number of nitrogens with two attached hydrogens (primary N) is 1. The third-order valence-corrected chi connectivity index (χ3v) is 4.20. The van der Waals surface area contributed by atoms with Crippen LogP contribution in [0.2, 0.25) is 0 Å². The van der Waals surface area contributed by atoms with Gasteiger partial charge in [0.05, 0.1) is 17.8 Å². The van der Waals surface area contributed by atoms with E-state index in [9.17, 15) is 0 Å². The van der Waals surface area contributed by atoms with Crippen LogP contribution in [0.4, 0.5) is 0 Å². The molecule has 2 rings (SSSR count). The van der Waals surface area contributed by atoms with E-state index >= 15 is 0 Å². The van der Waals surface area contributed by atoms with Crippen molar-refractivity contribution in [3.8, 4) is 0 Å². The van der Waals surface area contributed by atoms with Crippen molar-refractivity contribution in [2.45, 2.75) is 51.2 Å². The van der Waals surface area contributed by atoms with E-state index in [0.717, 1.165) is 30.9 Å². The first-order valence-corrected chi connectivity index (χ1v) is 6.95. The van der Waals surface area contributed by atoms with Crippen LogP contribution in [0.5, 0.6) is 0 Å². The molecule has 18 heavy (non-hydrogen) atoms. The second-order valence-corrected chi connectivity index (χ2v) is 5.61. The average molecular weight is 251 g/mol. The van der Waals surface area contributed by atoms with Gasteiger partial charge in [-0.15, -0.1) is 0 Å². The molecule has 0 radical (unpaired) electrons. The highest BCUT2D eigenvalue weighted by Gasteiger charge is 2.41. The Bertz CT molecular complexity index is 380. The fourth-order valence-corrected chi connectivity index (χ4v) is 2.99. The number of hydrogen-bond acceptors (Lipinski definition) is 3. The summed E-state index contributed by atoms with van der Waals surface area (Å²) in [5.41, 5.74) is 7.36. The number of nitrogens with zero attached hydrogens (tertiary/aromatic N) is 2. The third kappa shape index (κ3) is 2.59. The minimum absolute atomic E-state index is 0.0707. The summed E-state index contributed by atoms with van der Waals surface area (Å²) in [5.74, 6) is 0.791. The Kier molecular flexibility index (Phi) is 4.07. The first kappa shape index (κ1) is 13.6. The van der Waals surface area contributed by atoms with Crippen LogP contribution in [-0.2, 0) is 11.8 Å². The SMILES string of the molecule is CCOC1(C(N)c2cnn(C)c2)CCC(C)CC1. The van der Waals surface area contributed by atoms with Crippen molar-refractivity contribution in [3.05, 3.63) is 18.0 Å². The number of aromatic nitrogens is 2. The molecular weight excluding hydrogens is 226 g/mol. The molecule has 4 heteroatoms. The predicted octanol–water partition coefficient (Wildman–Crippen LogP) is 2.41. The lowest BCUT2D eigenvalue weighted by atomic mass is 9.74. The van der Waals surface area contributed by atoms with Crippen LogP contribution in [0.15, 0.2) is 12.4 Å². The van der Waals surface area contributed by atoms with Gasteiger partial charge in [-0.2, -0.15) is 5.10 Å². The second-order valence-electron chi connectivity index (χ2n) is 5.61. The topological polar surface area (TPSA) is 53.1 Å². The molecule has 1 atom stereocenters. The minimum atomic E-state index is -0.190. The van der Waals surface area contributed by atoms with E-state index in [2.05, 4.69) is 18.9 Å². The van der Waals surface area contributed by atoms with Gasteiger partial charge < -0.3 is 10.5 Å². The lowest BCUT2D eigenvalue weighted by Crippen LogP contribution is -2.46. The van der Waals surface area contributed by atoms with Gasteiger partial charge in [-0.25, -0.2) is 0 Å². The van der Waals surface area contributed by atoms with E-state index in [1.165, 1.54) is 12.8 Å². The summed E-state index contributed by atoms with van der Waals surface area (Å²) in [6.07, 6.45) is 8.38. The molecule has 1 aromatic rings. The van der Waals surface area contributed by atoms with Crippen molar-refractivity contribution in [2.75, 3.05) is 6.61 Å². The van der Waals surface area contributed by atoms with Crippen LogP contribution < -0.4 is 5.73 Å². The first-order chi connectivity index (χ1) is 8.57. The van der Waals surface area contributed by atoms with Gasteiger partial charge in [-0.3, -0.25) is 4.68 Å². The standard InChI is InChI=1S/C14H25N3O/c1-4-18-14(7-5-11(2)6-8-14)13(15)12-9-16-17(3)10-12/h9-11,13H,4-8,15H2,1-3H3. The molecule has 1 saturated carbocycles. The van der Waals surface area contributed by atoms with Gasteiger partial charge >= 0.3 is 0 Å². The molecule has 1 fully saturated rings. The largest absolute Gasteiger partial charge is 0.373 e. The normalized spacial score (nSPS) is 30.3. The molecular formula is C14H25N3O. The summed E-state index contributed by atoms with van der Waals surface area (Å²) in [6.45, 7) is 5.09. The molecule has 1 unspecified atom stereocenters. The van der Waals surface area contributed by atoms with Gasteiger partial charge in [0.1, 0.15) is 0 Å². The Morgan fingerprint density at radius 2 is 2.22 bits per heavy atom. The molecule has 0 amide bonds. The molecule has 1 aliphatic carbocycles. The highest BCUT2D eigenvalue weighted by atomic mass is 16.5. The van der Waals surface area contributed by atoms with Crippen LogP contribution in [0.3, 0.4) is 0 Å². The van der Waals surface area contributed by atoms with Crippen LogP contribution in [-0.4, -0.2) is 22.0 Å². The predicted molar refractivity (Wildman–Crippen MR) is 72.1 cm³/mol. The Hall–Kier alpha value is -0.870. The van der Waals surface area contributed by atoms with Crippen molar-refractivity contribution in [1.82, 2.24) is 9.78 Å². The average Bonchev–Trinajstić information content (AvgIpc) is 2.78. The Balaban J connectivity index is 2.18. The molecule has 1 aromatic heterocycles. The second kappa shape index (κ2) is 5.41. The van der Waals surface area contributed by atoms with Gasteiger partial charge in [0.15, 0.2) is 0 Å². The Morgan fingerprint density at radius 1 is 1.56 bits per heavy atom. The molecule has 0 saturated heterocycles. The smallest absolute Gasteiger partial charge is 0.0875 e. The molecule has 0 aromatic carbocycles. The third-order valence-electron chi connectivity index (χ3n) is 4.20. The summed E-state index contributed by atoms with van der Waals surface area (Å²) in [6, 6.07) is -0.0707. The number of hydrogen-bond donors (Lipinski definition) is 1.